The number of carbonyl (C=O) groups is 1. The highest BCUT2D eigenvalue weighted by Crippen LogP contribution is 2.35. The number of pyridine rings is 1. The maximum atomic E-state index is 13.0. The van der Waals surface area contributed by atoms with Gasteiger partial charge in [0, 0.05) is 19.9 Å². The standard InChI is InChI=1S/C13H16F3N3O3.C2H6/c1-4-22-11-10(20)19(12(21)18(11)3)9-5-8(13(14,15)16)7(2)6-17-9;1-2/h5-6,10-11,20H,4H2,1-3H3;1-2H3. The lowest BCUT2D eigenvalue weighted by Gasteiger charge is -2.22. The Kier molecular flexibility index (Phi) is 6.56. The van der Waals surface area contributed by atoms with Crippen molar-refractivity contribution in [2.24, 2.45) is 0 Å². The summed E-state index contributed by atoms with van der Waals surface area (Å²) in [5.74, 6) is -0.274. The van der Waals surface area contributed by atoms with E-state index in [4.69, 9.17) is 4.74 Å². The minimum atomic E-state index is -4.57. The van der Waals surface area contributed by atoms with Gasteiger partial charge >= 0.3 is 12.2 Å². The van der Waals surface area contributed by atoms with E-state index in [0.717, 1.165) is 22.1 Å². The highest BCUT2D eigenvalue weighted by Gasteiger charge is 2.46. The summed E-state index contributed by atoms with van der Waals surface area (Å²) >= 11 is 0. The first-order valence-electron chi connectivity index (χ1n) is 7.58. The number of amides is 2. The quantitative estimate of drug-likeness (QED) is 0.911. The van der Waals surface area contributed by atoms with Crippen molar-refractivity contribution in [2.45, 2.75) is 46.3 Å². The zero-order valence-corrected chi connectivity index (χ0v) is 14.3. The highest BCUT2D eigenvalue weighted by atomic mass is 19.4. The van der Waals surface area contributed by atoms with Crippen molar-refractivity contribution in [3.8, 4) is 0 Å². The van der Waals surface area contributed by atoms with Crippen LogP contribution in [0.3, 0.4) is 0 Å². The summed E-state index contributed by atoms with van der Waals surface area (Å²) in [6.45, 7) is 7.19. The number of halogens is 3. The fourth-order valence-corrected chi connectivity index (χ4v) is 2.27. The van der Waals surface area contributed by atoms with Gasteiger partial charge in [-0.1, -0.05) is 13.8 Å². The van der Waals surface area contributed by atoms with Gasteiger partial charge in [-0.25, -0.2) is 14.7 Å². The smallest absolute Gasteiger partial charge is 0.369 e. The van der Waals surface area contributed by atoms with E-state index in [1.807, 2.05) is 13.8 Å². The molecule has 6 nitrogen and oxygen atoms in total. The topological polar surface area (TPSA) is 65.9 Å². The molecule has 2 atom stereocenters. The number of aliphatic hydroxyl groups excluding tert-OH is 1. The lowest BCUT2D eigenvalue weighted by Crippen LogP contribution is -2.38. The second-order valence-electron chi connectivity index (χ2n) is 4.88. The summed E-state index contributed by atoms with van der Waals surface area (Å²) in [4.78, 5) is 17.9. The van der Waals surface area contributed by atoms with E-state index in [1.165, 1.54) is 14.0 Å². The number of alkyl halides is 3. The maximum Gasteiger partial charge on any atom is 0.416 e. The van der Waals surface area contributed by atoms with Crippen molar-refractivity contribution in [3.05, 3.63) is 23.4 Å². The average molecular weight is 349 g/mol. The van der Waals surface area contributed by atoms with Gasteiger partial charge in [0.05, 0.1) is 5.56 Å². The Balaban J connectivity index is 0.00000139. The molecule has 0 aliphatic carbocycles. The zero-order chi connectivity index (χ0) is 18.7. The molecular weight excluding hydrogens is 327 g/mol. The molecule has 1 aliphatic heterocycles. The number of aryl methyl sites for hydroxylation is 1. The number of aliphatic hydroxyl groups is 1. The molecule has 0 radical (unpaired) electrons. The van der Waals surface area contributed by atoms with Crippen LogP contribution in [0.1, 0.15) is 31.9 Å². The molecule has 2 unspecified atom stereocenters. The SMILES string of the molecule is CC.CCOC1C(O)N(c2cc(C(F)(F)F)c(C)cn2)C(=O)N1C. The Bertz CT molecular complexity index is 581. The molecule has 24 heavy (non-hydrogen) atoms. The molecule has 0 aromatic carbocycles. The van der Waals surface area contributed by atoms with Gasteiger partial charge in [-0.3, -0.25) is 4.90 Å². The van der Waals surface area contributed by atoms with Crippen LogP contribution in [0.25, 0.3) is 0 Å². The van der Waals surface area contributed by atoms with Crippen molar-refractivity contribution in [3.63, 3.8) is 0 Å². The average Bonchev–Trinajstić information content (AvgIpc) is 2.73. The molecule has 2 heterocycles. The van der Waals surface area contributed by atoms with Crippen molar-refractivity contribution < 1.29 is 27.8 Å². The number of rotatable bonds is 3. The molecule has 2 amide bonds. The van der Waals surface area contributed by atoms with E-state index in [1.54, 1.807) is 6.92 Å². The third kappa shape index (κ3) is 3.78. The molecule has 136 valence electrons. The number of carbonyl (C=O) groups excluding carboxylic acids is 1. The fourth-order valence-electron chi connectivity index (χ4n) is 2.27. The van der Waals surface area contributed by atoms with E-state index >= 15 is 0 Å². The van der Waals surface area contributed by atoms with Crippen molar-refractivity contribution in [2.75, 3.05) is 18.6 Å². The Morgan fingerprint density at radius 2 is 1.96 bits per heavy atom. The van der Waals surface area contributed by atoms with E-state index < -0.39 is 30.2 Å². The monoisotopic (exact) mass is 349 g/mol. The minimum absolute atomic E-state index is 0.0629. The molecule has 0 bridgehead atoms. The Labute approximate surface area is 138 Å². The third-order valence-corrected chi connectivity index (χ3v) is 3.39. The van der Waals surface area contributed by atoms with Gasteiger partial charge in [0.15, 0.2) is 12.5 Å². The fraction of sp³-hybridized carbons (Fsp3) is 0.600. The van der Waals surface area contributed by atoms with Crippen molar-refractivity contribution in [1.82, 2.24) is 9.88 Å². The summed E-state index contributed by atoms with van der Waals surface area (Å²) in [5.41, 5.74) is -0.966. The van der Waals surface area contributed by atoms with E-state index in [0.29, 0.717) is 0 Å². The molecule has 1 aromatic heterocycles. The number of likely N-dealkylation sites (N-methyl/N-ethyl adjacent to an activating group) is 1. The number of urea groups is 1. The number of ether oxygens (including phenoxy) is 1. The summed E-state index contributed by atoms with van der Waals surface area (Å²) in [6.07, 6.45) is -5.95. The molecule has 0 saturated carbocycles. The number of hydrogen-bond donors (Lipinski definition) is 1. The van der Waals surface area contributed by atoms with Gasteiger partial charge in [-0.2, -0.15) is 13.2 Å². The summed E-state index contributed by atoms with van der Waals surface area (Å²) < 4.78 is 44.1. The molecular formula is C15H22F3N3O3. The van der Waals surface area contributed by atoms with Gasteiger partial charge in [0.2, 0.25) is 0 Å². The van der Waals surface area contributed by atoms with Crippen LogP contribution in [0.15, 0.2) is 12.3 Å². The second-order valence-corrected chi connectivity index (χ2v) is 4.88. The van der Waals surface area contributed by atoms with Gasteiger partial charge in [0.1, 0.15) is 5.82 Å². The molecule has 1 fully saturated rings. The van der Waals surface area contributed by atoms with Crippen LogP contribution in [0.4, 0.5) is 23.8 Å². The number of hydrogen-bond acceptors (Lipinski definition) is 4. The Hall–Kier alpha value is -1.87. The van der Waals surface area contributed by atoms with E-state index in [9.17, 15) is 23.1 Å². The summed E-state index contributed by atoms with van der Waals surface area (Å²) in [5, 5.41) is 10.2. The number of aromatic nitrogens is 1. The van der Waals surface area contributed by atoms with Crippen LogP contribution in [0.2, 0.25) is 0 Å². The van der Waals surface area contributed by atoms with Crippen LogP contribution in [0.5, 0.6) is 0 Å². The first-order valence-corrected chi connectivity index (χ1v) is 7.58. The number of nitrogens with zero attached hydrogens (tertiary/aromatic N) is 3. The van der Waals surface area contributed by atoms with Crippen LogP contribution in [0, 0.1) is 6.92 Å². The van der Waals surface area contributed by atoms with Gasteiger partial charge in [0.25, 0.3) is 0 Å². The van der Waals surface area contributed by atoms with Crippen molar-refractivity contribution in [1.29, 1.82) is 0 Å². The number of anilines is 1. The molecule has 2 rings (SSSR count). The Morgan fingerprint density at radius 3 is 2.46 bits per heavy atom. The predicted octanol–water partition coefficient (Wildman–Crippen LogP) is 2.99. The highest BCUT2D eigenvalue weighted by molar-refractivity contribution is 5.93. The van der Waals surface area contributed by atoms with Gasteiger partial charge < -0.3 is 9.84 Å². The second kappa shape index (κ2) is 7.80. The predicted molar refractivity (Wildman–Crippen MR) is 82.4 cm³/mol. The van der Waals surface area contributed by atoms with Crippen LogP contribution < -0.4 is 4.90 Å². The van der Waals surface area contributed by atoms with Crippen molar-refractivity contribution >= 4 is 11.8 Å². The molecule has 0 spiro atoms. The summed E-state index contributed by atoms with van der Waals surface area (Å²) in [7, 11) is 1.39. The summed E-state index contributed by atoms with van der Waals surface area (Å²) in [6, 6.07) is 0.0638. The molecule has 1 aliphatic rings. The normalized spacial score (nSPS) is 21.0. The minimum Gasteiger partial charge on any atom is -0.369 e. The van der Waals surface area contributed by atoms with E-state index in [2.05, 4.69) is 4.98 Å². The molecule has 1 aromatic rings. The first-order chi connectivity index (χ1) is 11.2. The lowest BCUT2D eigenvalue weighted by molar-refractivity contribution is -0.138. The molecule has 1 saturated heterocycles. The van der Waals surface area contributed by atoms with Crippen LogP contribution >= 0.6 is 0 Å². The van der Waals surface area contributed by atoms with Crippen LogP contribution in [-0.4, -0.2) is 47.1 Å². The largest absolute Gasteiger partial charge is 0.416 e. The molecule has 1 N–H and O–H groups in total. The maximum absolute atomic E-state index is 13.0. The van der Waals surface area contributed by atoms with E-state index in [-0.39, 0.29) is 18.0 Å². The molecule has 9 heteroatoms. The Morgan fingerprint density at radius 1 is 1.38 bits per heavy atom. The lowest BCUT2D eigenvalue weighted by atomic mass is 10.1. The first kappa shape index (κ1) is 20.2. The third-order valence-electron chi connectivity index (χ3n) is 3.39. The van der Waals surface area contributed by atoms with Gasteiger partial charge in [-0.15, -0.1) is 0 Å². The van der Waals surface area contributed by atoms with Gasteiger partial charge in [-0.05, 0) is 25.5 Å². The zero-order valence-electron chi connectivity index (χ0n) is 14.3. The van der Waals surface area contributed by atoms with Crippen LogP contribution in [-0.2, 0) is 10.9 Å².